The van der Waals surface area contributed by atoms with Crippen molar-refractivity contribution in [2.24, 2.45) is 0 Å². The first kappa shape index (κ1) is 66.9. The van der Waals surface area contributed by atoms with E-state index in [1.807, 2.05) is 21.1 Å². The van der Waals surface area contributed by atoms with Crippen molar-refractivity contribution in [3.63, 3.8) is 0 Å². The summed E-state index contributed by atoms with van der Waals surface area (Å²) in [6, 6.07) is 0. The number of quaternary nitrogens is 1. The van der Waals surface area contributed by atoms with Crippen LogP contribution in [0.4, 0.5) is 0 Å². The SMILES string of the molecule is CC/C=C\C/C=C\C/C=C\C/C=C\C/C=C\C/C=C\CCCCCCCCCOCC(COP(=O)([O-])OCC[N+](C)(C)C)OC(=O)CCCCCCCCCCCCCCCCCCCCCCC. The van der Waals surface area contributed by atoms with Crippen LogP contribution in [-0.4, -0.2) is 70.7 Å². The maximum atomic E-state index is 12.8. The molecule has 0 aliphatic rings. The van der Waals surface area contributed by atoms with Gasteiger partial charge in [0.05, 0.1) is 34.4 Å². The predicted octanol–water partition coefficient (Wildman–Crippen LogP) is 17.5. The monoisotopic (exact) mass is 988 g/mol. The molecule has 9 heteroatoms. The standard InChI is InChI=1S/C60H110NO7P/c1-6-8-10-12-14-16-18-20-22-24-26-28-29-30-31-32-34-36-38-40-42-44-46-48-50-52-55-65-57-59(58-67-69(63,64)66-56-54-61(3,4)5)68-60(62)53-51-49-47-45-43-41-39-37-35-33-27-25-23-21-19-17-15-13-11-9-7-2/h8,10,14,16,20,22,26,28,30-31,34,36,59H,6-7,9,11-13,15,17-19,21,23-25,27,29,32-33,35,37-58H2,1-5H3/b10-8-,16-14-,22-20-,28-26-,31-30-,36-34-. The van der Waals surface area contributed by atoms with Crippen molar-refractivity contribution >= 4 is 13.8 Å². The molecule has 0 spiro atoms. The Hall–Kier alpha value is -2.06. The third-order valence-corrected chi connectivity index (χ3v) is 13.2. The van der Waals surface area contributed by atoms with Gasteiger partial charge in [-0.25, -0.2) is 0 Å². The maximum Gasteiger partial charge on any atom is 0.306 e. The van der Waals surface area contributed by atoms with E-state index in [1.165, 1.54) is 141 Å². The van der Waals surface area contributed by atoms with E-state index in [-0.39, 0.29) is 25.8 Å². The Morgan fingerprint density at radius 1 is 0.464 bits per heavy atom. The number of phosphoric acid groups is 1. The predicted molar refractivity (Wildman–Crippen MR) is 296 cm³/mol. The lowest BCUT2D eigenvalue weighted by molar-refractivity contribution is -0.870. The fourth-order valence-corrected chi connectivity index (χ4v) is 8.63. The summed E-state index contributed by atoms with van der Waals surface area (Å²) in [4.78, 5) is 25.3. The Morgan fingerprint density at radius 2 is 0.841 bits per heavy atom. The molecule has 0 fully saturated rings. The number of nitrogens with zero attached hydrogens (tertiary/aromatic N) is 1. The number of ether oxygens (including phenoxy) is 2. The maximum absolute atomic E-state index is 12.8. The summed E-state index contributed by atoms with van der Waals surface area (Å²) >= 11 is 0. The molecule has 0 aliphatic carbocycles. The van der Waals surface area contributed by atoms with Crippen LogP contribution in [0, 0.1) is 0 Å². The molecule has 0 amide bonds. The van der Waals surface area contributed by atoms with Crippen LogP contribution in [0.1, 0.15) is 245 Å². The molecule has 0 radical (unpaired) electrons. The van der Waals surface area contributed by atoms with Crippen molar-refractivity contribution in [3.8, 4) is 0 Å². The molecule has 2 unspecified atom stereocenters. The van der Waals surface area contributed by atoms with Gasteiger partial charge in [-0.3, -0.25) is 9.36 Å². The van der Waals surface area contributed by atoms with E-state index in [0.717, 1.165) is 83.5 Å². The van der Waals surface area contributed by atoms with Gasteiger partial charge in [-0.05, 0) is 64.2 Å². The number of likely N-dealkylation sites (N-methyl/N-ethyl adjacent to an activating group) is 1. The molecule has 0 heterocycles. The van der Waals surface area contributed by atoms with Gasteiger partial charge in [0.2, 0.25) is 0 Å². The zero-order valence-corrected chi connectivity index (χ0v) is 46.6. The lowest BCUT2D eigenvalue weighted by Gasteiger charge is -2.28. The molecule has 69 heavy (non-hydrogen) atoms. The second-order valence-corrected chi connectivity index (χ2v) is 21.7. The second kappa shape index (κ2) is 52.3. The minimum Gasteiger partial charge on any atom is -0.756 e. The summed E-state index contributed by atoms with van der Waals surface area (Å²) < 4.78 is 34.8. The number of carbonyl (C=O) groups is 1. The summed E-state index contributed by atoms with van der Waals surface area (Å²) in [6.45, 7) is 5.30. The summed E-state index contributed by atoms with van der Waals surface area (Å²) in [7, 11) is 1.35. The van der Waals surface area contributed by atoms with Crippen molar-refractivity contribution in [2.45, 2.75) is 251 Å². The molecule has 0 aromatic rings. The highest BCUT2D eigenvalue weighted by Gasteiger charge is 2.20. The van der Waals surface area contributed by atoms with Gasteiger partial charge in [0.1, 0.15) is 19.3 Å². The van der Waals surface area contributed by atoms with E-state index in [0.29, 0.717) is 24.1 Å². The van der Waals surface area contributed by atoms with E-state index in [1.54, 1.807) is 0 Å². The first-order valence-corrected chi connectivity index (χ1v) is 30.1. The third-order valence-electron chi connectivity index (χ3n) is 12.3. The molecule has 0 aliphatic heterocycles. The minimum absolute atomic E-state index is 0.0220. The van der Waals surface area contributed by atoms with Crippen LogP contribution in [-0.2, 0) is 27.9 Å². The summed E-state index contributed by atoms with van der Waals surface area (Å²) in [5.41, 5.74) is 0. The molecular weight excluding hydrogens is 878 g/mol. The van der Waals surface area contributed by atoms with Crippen LogP contribution in [0.3, 0.4) is 0 Å². The first-order valence-electron chi connectivity index (χ1n) is 28.7. The van der Waals surface area contributed by atoms with Crippen molar-refractivity contribution in [1.29, 1.82) is 0 Å². The highest BCUT2D eigenvalue weighted by Crippen LogP contribution is 2.38. The molecule has 0 N–H and O–H groups in total. The molecule has 0 saturated heterocycles. The number of hydrogen-bond donors (Lipinski definition) is 0. The average Bonchev–Trinajstić information content (AvgIpc) is 3.31. The van der Waals surface area contributed by atoms with Crippen LogP contribution in [0.5, 0.6) is 0 Å². The number of esters is 1. The highest BCUT2D eigenvalue weighted by molar-refractivity contribution is 7.45. The van der Waals surface area contributed by atoms with E-state index in [4.69, 9.17) is 18.5 Å². The van der Waals surface area contributed by atoms with Gasteiger partial charge < -0.3 is 27.9 Å². The van der Waals surface area contributed by atoms with Crippen molar-refractivity contribution in [2.75, 3.05) is 54.1 Å². The van der Waals surface area contributed by atoms with Crippen LogP contribution < -0.4 is 4.89 Å². The van der Waals surface area contributed by atoms with Crippen molar-refractivity contribution in [3.05, 3.63) is 72.9 Å². The molecular formula is C60H110NO7P. The van der Waals surface area contributed by atoms with Gasteiger partial charge in [0.15, 0.2) is 0 Å². The van der Waals surface area contributed by atoms with Gasteiger partial charge in [-0.1, -0.05) is 247 Å². The van der Waals surface area contributed by atoms with Gasteiger partial charge >= 0.3 is 5.97 Å². The highest BCUT2D eigenvalue weighted by atomic mass is 31.2. The molecule has 0 aromatic carbocycles. The Balaban J connectivity index is 4.11. The first-order chi connectivity index (χ1) is 33.6. The number of rotatable bonds is 53. The van der Waals surface area contributed by atoms with Gasteiger partial charge in [-0.15, -0.1) is 0 Å². The molecule has 0 saturated carbocycles. The Bertz CT molecular complexity index is 1330. The fraction of sp³-hybridized carbons (Fsp3) is 0.783. The quantitative estimate of drug-likeness (QED) is 0.0197. The molecule has 2 atom stereocenters. The second-order valence-electron chi connectivity index (χ2n) is 20.3. The van der Waals surface area contributed by atoms with Crippen molar-refractivity contribution < 1.29 is 37.3 Å². The van der Waals surface area contributed by atoms with Crippen LogP contribution in [0.15, 0.2) is 72.9 Å². The van der Waals surface area contributed by atoms with E-state index in [2.05, 4.69) is 86.8 Å². The Morgan fingerprint density at radius 3 is 1.26 bits per heavy atom. The number of phosphoric ester groups is 1. The smallest absolute Gasteiger partial charge is 0.306 e. The topological polar surface area (TPSA) is 94.1 Å². The summed E-state index contributed by atoms with van der Waals surface area (Å²) in [5.74, 6) is -0.336. The lowest BCUT2D eigenvalue weighted by atomic mass is 10.0. The fourth-order valence-electron chi connectivity index (χ4n) is 7.91. The third kappa shape index (κ3) is 56.7. The largest absolute Gasteiger partial charge is 0.756 e. The molecule has 0 bridgehead atoms. The minimum atomic E-state index is -4.54. The molecule has 402 valence electrons. The van der Waals surface area contributed by atoms with Crippen LogP contribution in [0.2, 0.25) is 0 Å². The Kier molecular flexibility index (Phi) is 50.7. The lowest BCUT2D eigenvalue weighted by Crippen LogP contribution is -2.37. The average molecular weight is 989 g/mol. The van der Waals surface area contributed by atoms with E-state index in [9.17, 15) is 14.3 Å². The van der Waals surface area contributed by atoms with Crippen molar-refractivity contribution in [1.82, 2.24) is 0 Å². The summed E-state index contributed by atoms with van der Waals surface area (Å²) in [6.07, 6.45) is 69.4. The number of allylic oxidation sites excluding steroid dienone is 12. The zero-order chi connectivity index (χ0) is 50.5. The molecule has 0 aromatic heterocycles. The molecule has 0 rings (SSSR count). The summed E-state index contributed by atoms with van der Waals surface area (Å²) in [5, 5.41) is 0. The van der Waals surface area contributed by atoms with Gasteiger partial charge in [0.25, 0.3) is 7.82 Å². The zero-order valence-electron chi connectivity index (χ0n) is 45.7. The number of carbonyl (C=O) groups excluding carboxylic acids is 1. The van der Waals surface area contributed by atoms with E-state index < -0.39 is 13.9 Å². The van der Waals surface area contributed by atoms with Crippen LogP contribution in [0.25, 0.3) is 0 Å². The van der Waals surface area contributed by atoms with Gasteiger partial charge in [-0.2, -0.15) is 0 Å². The Labute approximate surface area is 427 Å². The number of unbranched alkanes of at least 4 members (excludes halogenated alkanes) is 27. The molecule has 8 nitrogen and oxygen atoms in total. The van der Waals surface area contributed by atoms with Gasteiger partial charge in [0, 0.05) is 13.0 Å². The van der Waals surface area contributed by atoms with E-state index >= 15 is 0 Å². The number of hydrogen-bond acceptors (Lipinski definition) is 7. The normalized spacial score (nSPS) is 14.0. The van der Waals surface area contributed by atoms with Crippen LogP contribution >= 0.6 is 7.82 Å².